The molecule has 0 aliphatic carbocycles. The number of nitrogens with zero attached hydrogens (tertiary/aromatic N) is 2. The van der Waals surface area contributed by atoms with E-state index in [2.05, 4.69) is 20.8 Å². The summed E-state index contributed by atoms with van der Waals surface area (Å²) in [5.74, 6) is -0.0430. The van der Waals surface area contributed by atoms with E-state index in [9.17, 15) is 4.79 Å². The van der Waals surface area contributed by atoms with Crippen LogP contribution in [-0.2, 0) is 6.42 Å². The summed E-state index contributed by atoms with van der Waals surface area (Å²) in [7, 11) is 0. The molecule has 1 saturated heterocycles. The molecule has 5 nitrogen and oxygen atoms in total. The second-order valence-electron chi connectivity index (χ2n) is 4.70. The summed E-state index contributed by atoms with van der Waals surface area (Å²) in [5, 5.41) is 14.4. The molecule has 0 saturated carbocycles. The quantitative estimate of drug-likeness (QED) is 0.873. The molecule has 1 fully saturated rings. The fourth-order valence-electron chi connectivity index (χ4n) is 2.21. The Morgan fingerprint density at radius 3 is 2.95 bits per heavy atom. The Hall–Kier alpha value is -1.20. The van der Waals surface area contributed by atoms with E-state index < -0.39 is 0 Å². The maximum Gasteiger partial charge on any atom is 0.253 e. The van der Waals surface area contributed by atoms with E-state index >= 15 is 0 Å². The van der Waals surface area contributed by atoms with Gasteiger partial charge in [0.25, 0.3) is 5.91 Å². The highest BCUT2D eigenvalue weighted by molar-refractivity contribution is 5.95. The standard InChI is InChI=1S/C13H20N4O.ClH/c1-3-12-11(7-9(2)16-17-12)13(18)15-8-10-5-4-6-14-10;/h7,10,14H,3-6,8H2,1-2H3,(H,15,18);1H. The van der Waals surface area contributed by atoms with Gasteiger partial charge in [0.15, 0.2) is 0 Å². The molecule has 2 N–H and O–H groups in total. The Kier molecular flexibility index (Phi) is 6.18. The van der Waals surface area contributed by atoms with Crippen molar-refractivity contribution in [2.75, 3.05) is 13.1 Å². The van der Waals surface area contributed by atoms with Gasteiger partial charge in [0.2, 0.25) is 0 Å². The molecule has 6 heteroatoms. The SMILES string of the molecule is CCc1nnc(C)cc1C(=O)NCC1CCCN1.Cl. The minimum absolute atomic E-state index is 0. The van der Waals surface area contributed by atoms with Crippen molar-refractivity contribution >= 4 is 18.3 Å². The molecule has 2 heterocycles. The van der Waals surface area contributed by atoms with Crippen LogP contribution in [0.5, 0.6) is 0 Å². The van der Waals surface area contributed by atoms with Crippen molar-refractivity contribution in [1.82, 2.24) is 20.8 Å². The van der Waals surface area contributed by atoms with E-state index in [1.165, 1.54) is 6.42 Å². The lowest BCUT2D eigenvalue weighted by molar-refractivity contribution is 0.0948. The molecule has 1 aromatic rings. The van der Waals surface area contributed by atoms with Crippen molar-refractivity contribution in [3.63, 3.8) is 0 Å². The first-order chi connectivity index (χ1) is 8.70. The lowest BCUT2D eigenvalue weighted by atomic mass is 10.1. The number of aryl methyl sites for hydroxylation is 2. The van der Waals surface area contributed by atoms with Crippen LogP contribution in [0.1, 0.15) is 41.5 Å². The summed E-state index contributed by atoms with van der Waals surface area (Å²) in [4.78, 5) is 12.1. The zero-order valence-electron chi connectivity index (χ0n) is 11.4. The van der Waals surface area contributed by atoms with Crippen LogP contribution in [0, 0.1) is 6.92 Å². The summed E-state index contributed by atoms with van der Waals surface area (Å²) in [6.45, 7) is 5.57. The summed E-state index contributed by atoms with van der Waals surface area (Å²) >= 11 is 0. The normalized spacial score (nSPS) is 17.9. The molecule has 1 aliphatic rings. The maximum atomic E-state index is 12.1. The summed E-state index contributed by atoms with van der Waals surface area (Å²) in [6, 6.07) is 2.22. The molecule has 1 unspecified atom stereocenters. The Bertz CT molecular complexity index is 433. The molecular formula is C13H21ClN4O. The van der Waals surface area contributed by atoms with Gasteiger partial charge in [-0.25, -0.2) is 0 Å². The number of carbonyl (C=O) groups is 1. The number of hydrogen-bond acceptors (Lipinski definition) is 4. The Labute approximate surface area is 120 Å². The molecule has 106 valence electrons. The van der Waals surface area contributed by atoms with Gasteiger partial charge in [-0.1, -0.05) is 6.92 Å². The third kappa shape index (κ3) is 4.14. The van der Waals surface area contributed by atoms with E-state index in [0.717, 1.165) is 30.8 Å². The van der Waals surface area contributed by atoms with Gasteiger partial charge in [-0.2, -0.15) is 10.2 Å². The number of carbonyl (C=O) groups excluding carboxylic acids is 1. The van der Waals surface area contributed by atoms with Gasteiger partial charge in [0.1, 0.15) is 0 Å². The molecule has 19 heavy (non-hydrogen) atoms. The minimum Gasteiger partial charge on any atom is -0.350 e. The molecule has 0 spiro atoms. The first-order valence-corrected chi connectivity index (χ1v) is 6.55. The number of amides is 1. The van der Waals surface area contributed by atoms with Crippen LogP contribution in [0.3, 0.4) is 0 Å². The topological polar surface area (TPSA) is 66.9 Å². The Balaban J connectivity index is 0.00000180. The van der Waals surface area contributed by atoms with Crippen LogP contribution >= 0.6 is 12.4 Å². The number of halogens is 1. The highest BCUT2D eigenvalue weighted by atomic mass is 35.5. The van der Waals surface area contributed by atoms with E-state index in [-0.39, 0.29) is 18.3 Å². The minimum atomic E-state index is -0.0430. The predicted molar refractivity (Wildman–Crippen MR) is 76.8 cm³/mol. The van der Waals surface area contributed by atoms with E-state index in [0.29, 0.717) is 18.2 Å². The number of aromatic nitrogens is 2. The molecule has 1 atom stereocenters. The number of rotatable bonds is 4. The first-order valence-electron chi connectivity index (χ1n) is 6.55. The summed E-state index contributed by atoms with van der Waals surface area (Å²) in [6.07, 6.45) is 3.04. The summed E-state index contributed by atoms with van der Waals surface area (Å²) < 4.78 is 0. The average Bonchev–Trinajstić information content (AvgIpc) is 2.89. The third-order valence-corrected chi connectivity index (χ3v) is 3.24. The van der Waals surface area contributed by atoms with E-state index in [4.69, 9.17) is 0 Å². The molecule has 2 rings (SSSR count). The number of hydrogen-bond donors (Lipinski definition) is 2. The van der Waals surface area contributed by atoms with Gasteiger partial charge in [-0.05, 0) is 38.8 Å². The zero-order chi connectivity index (χ0) is 13.0. The van der Waals surface area contributed by atoms with Gasteiger partial charge in [0, 0.05) is 12.6 Å². The molecule has 0 aromatic carbocycles. The second kappa shape index (κ2) is 7.40. The molecular weight excluding hydrogens is 264 g/mol. The van der Waals surface area contributed by atoms with Crippen molar-refractivity contribution in [2.45, 2.75) is 39.2 Å². The monoisotopic (exact) mass is 284 g/mol. The highest BCUT2D eigenvalue weighted by Gasteiger charge is 2.17. The van der Waals surface area contributed by atoms with Crippen LogP contribution in [0.2, 0.25) is 0 Å². The van der Waals surface area contributed by atoms with Gasteiger partial charge < -0.3 is 10.6 Å². The van der Waals surface area contributed by atoms with Crippen molar-refractivity contribution < 1.29 is 4.79 Å². The van der Waals surface area contributed by atoms with Crippen molar-refractivity contribution in [1.29, 1.82) is 0 Å². The van der Waals surface area contributed by atoms with Crippen molar-refractivity contribution in [2.24, 2.45) is 0 Å². The van der Waals surface area contributed by atoms with Gasteiger partial charge >= 0.3 is 0 Å². The second-order valence-corrected chi connectivity index (χ2v) is 4.70. The zero-order valence-corrected chi connectivity index (χ0v) is 12.2. The molecule has 0 bridgehead atoms. The first kappa shape index (κ1) is 15.9. The van der Waals surface area contributed by atoms with E-state index in [1.54, 1.807) is 0 Å². The fraction of sp³-hybridized carbons (Fsp3) is 0.615. The third-order valence-electron chi connectivity index (χ3n) is 3.24. The van der Waals surface area contributed by atoms with E-state index in [1.807, 2.05) is 19.9 Å². The van der Waals surface area contributed by atoms with Gasteiger partial charge in [0.05, 0.1) is 17.0 Å². The Morgan fingerprint density at radius 1 is 1.53 bits per heavy atom. The van der Waals surface area contributed by atoms with Gasteiger partial charge in [-0.3, -0.25) is 4.79 Å². The Morgan fingerprint density at radius 2 is 2.32 bits per heavy atom. The maximum absolute atomic E-state index is 12.1. The van der Waals surface area contributed by atoms with Crippen LogP contribution in [-0.4, -0.2) is 35.2 Å². The fourth-order valence-corrected chi connectivity index (χ4v) is 2.21. The molecule has 1 aliphatic heterocycles. The molecule has 1 aromatic heterocycles. The molecule has 1 amide bonds. The lowest BCUT2D eigenvalue weighted by Gasteiger charge is -2.12. The lowest BCUT2D eigenvalue weighted by Crippen LogP contribution is -2.37. The van der Waals surface area contributed by atoms with Crippen molar-refractivity contribution in [3.05, 3.63) is 23.0 Å². The van der Waals surface area contributed by atoms with Crippen LogP contribution < -0.4 is 10.6 Å². The predicted octanol–water partition coefficient (Wildman–Crippen LogP) is 1.25. The average molecular weight is 285 g/mol. The smallest absolute Gasteiger partial charge is 0.253 e. The van der Waals surface area contributed by atoms with Crippen LogP contribution in [0.25, 0.3) is 0 Å². The van der Waals surface area contributed by atoms with Crippen LogP contribution in [0.4, 0.5) is 0 Å². The largest absolute Gasteiger partial charge is 0.350 e. The molecule has 0 radical (unpaired) electrons. The summed E-state index contributed by atoms with van der Waals surface area (Å²) in [5.41, 5.74) is 2.19. The number of nitrogens with one attached hydrogen (secondary N) is 2. The van der Waals surface area contributed by atoms with Crippen LogP contribution in [0.15, 0.2) is 6.07 Å². The highest BCUT2D eigenvalue weighted by Crippen LogP contribution is 2.08. The van der Waals surface area contributed by atoms with Gasteiger partial charge in [-0.15, -0.1) is 12.4 Å². The van der Waals surface area contributed by atoms with Crippen molar-refractivity contribution in [3.8, 4) is 0 Å².